The van der Waals surface area contributed by atoms with Crippen molar-refractivity contribution in [2.45, 2.75) is 70.1 Å². The number of amides is 3. The molecule has 2 aromatic rings. The molecule has 0 aromatic heterocycles. The van der Waals surface area contributed by atoms with Crippen molar-refractivity contribution >= 4 is 29.7 Å². The number of aromatic hydroxyl groups is 1. The highest BCUT2D eigenvalue weighted by atomic mass is 16.4. The Labute approximate surface area is 238 Å². The van der Waals surface area contributed by atoms with Gasteiger partial charge in [0, 0.05) is 19.3 Å². The summed E-state index contributed by atoms with van der Waals surface area (Å²) in [6.45, 7) is 3.71. The van der Waals surface area contributed by atoms with Crippen LogP contribution >= 0.6 is 0 Å². The summed E-state index contributed by atoms with van der Waals surface area (Å²) in [5.41, 5.74) is 7.37. The maximum Gasteiger partial charge on any atom is 0.326 e. The van der Waals surface area contributed by atoms with Crippen LogP contribution in [0, 0.1) is 5.92 Å². The maximum atomic E-state index is 13.6. The molecule has 8 N–H and O–H groups in total. The van der Waals surface area contributed by atoms with E-state index in [1.54, 1.807) is 30.3 Å². The molecule has 0 bridgehead atoms. The number of carbonyl (C=O) groups excluding carboxylic acids is 3. The number of hydrogen-bond donors (Lipinski definition) is 7. The molecule has 2 aromatic carbocycles. The van der Waals surface area contributed by atoms with Crippen LogP contribution < -0.4 is 21.7 Å². The van der Waals surface area contributed by atoms with Gasteiger partial charge in [0.05, 0.1) is 6.04 Å². The van der Waals surface area contributed by atoms with Crippen LogP contribution in [0.25, 0.3) is 0 Å². The molecule has 12 heteroatoms. The van der Waals surface area contributed by atoms with Crippen molar-refractivity contribution in [3.05, 3.63) is 65.7 Å². The number of carbonyl (C=O) groups is 5. The Morgan fingerprint density at radius 1 is 0.756 bits per heavy atom. The summed E-state index contributed by atoms with van der Waals surface area (Å²) in [4.78, 5) is 62.4. The summed E-state index contributed by atoms with van der Waals surface area (Å²) >= 11 is 0. The predicted octanol–water partition coefficient (Wildman–Crippen LogP) is 0.955. The van der Waals surface area contributed by atoms with Crippen molar-refractivity contribution in [3.63, 3.8) is 0 Å². The first-order chi connectivity index (χ1) is 19.4. The van der Waals surface area contributed by atoms with E-state index in [0.29, 0.717) is 12.0 Å². The highest BCUT2D eigenvalue weighted by Gasteiger charge is 2.31. The highest BCUT2D eigenvalue weighted by molar-refractivity contribution is 5.94. The van der Waals surface area contributed by atoms with Gasteiger partial charge >= 0.3 is 11.9 Å². The SMILES string of the molecule is CCC(C)C(N)C(=O)NC(Cc1ccccc1)C(=O)NC(Cc1ccc(O)cc1)C(=O)NC(CCC(=O)O)C(=O)O. The van der Waals surface area contributed by atoms with Crippen LogP contribution in [0.4, 0.5) is 0 Å². The smallest absolute Gasteiger partial charge is 0.326 e. The molecule has 0 heterocycles. The lowest BCUT2D eigenvalue weighted by Crippen LogP contribution is -2.58. The molecule has 0 aliphatic rings. The second-order valence-corrected chi connectivity index (χ2v) is 9.93. The lowest BCUT2D eigenvalue weighted by molar-refractivity contribution is -0.143. The van der Waals surface area contributed by atoms with E-state index in [1.165, 1.54) is 24.3 Å². The molecule has 0 aliphatic carbocycles. The number of nitrogens with one attached hydrogen (secondary N) is 3. The van der Waals surface area contributed by atoms with Gasteiger partial charge in [-0.1, -0.05) is 62.7 Å². The summed E-state index contributed by atoms with van der Waals surface area (Å²) in [5.74, 6) is -4.91. The fraction of sp³-hybridized carbons (Fsp3) is 0.414. The summed E-state index contributed by atoms with van der Waals surface area (Å²) in [5, 5.41) is 35.7. The Kier molecular flexibility index (Phi) is 12.8. The second-order valence-electron chi connectivity index (χ2n) is 9.93. The molecular formula is C29H38N4O8. The van der Waals surface area contributed by atoms with Crippen molar-refractivity contribution in [2.75, 3.05) is 0 Å². The molecule has 0 radical (unpaired) electrons. The molecule has 0 saturated carbocycles. The lowest BCUT2D eigenvalue weighted by atomic mass is 9.98. The zero-order valence-corrected chi connectivity index (χ0v) is 23.1. The Morgan fingerprint density at radius 2 is 1.24 bits per heavy atom. The number of benzene rings is 2. The van der Waals surface area contributed by atoms with E-state index in [2.05, 4.69) is 16.0 Å². The molecule has 0 saturated heterocycles. The van der Waals surface area contributed by atoms with Gasteiger partial charge in [-0.05, 0) is 35.6 Å². The van der Waals surface area contributed by atoms with Gasteiger partial charge in [-0.15, -0.1) is 0 Å². The first kappa shape index (κ1) is 32.8. The zero-order chi connectivity index (χ0) is 30.5. The van der Waals surface area contributed by atoms with E-state index in [4.69, 9.17) is 10.8 Å². The molecule has 222 valence electrons. The van der Waals surface area contributed by atoms with E-state index in [9.17, 15) is 34.2 Å². The second kappa shape index (κ2) is 16.0. The van der Waals surface area contributed by atoms with Gasteiger partial charge < -0.3 is 37.0 Å². The fourth-order valence-corrected chi connectivity index (χ4v) is 3.99. The minimum absolute atomic E-state index is 0.0123. The van der Waals surface area contributed by atoms with Gasteiger partial charge in [-0.3, -0.25) is 19.2 Å². The van der Waals surface area contributed by atoms with Crippen molar-refractivity contribution in [3.8, 4) is 5.75 Å². The van der Waals surface area contributed by atoms with Gasteiger partial charge in [-0.25, -0.2) is 4.79 Å². The van der Waals surface area contributed by atoms with E-state index < -0.39 is 60.2 Å². The normalized spacial score (nSPS) is 14.5. The van der Waals surface area contributed by atoms with E-state index >= 15 is 0 Å². The Morgan fingerprint density at radius 3 is 1.73 bits per heavy atom. The highest BCUT2D eigenvalue weighted by Crippen LogP contribution is 2.13. The van der Waals surface area contributed by atoms with E-state index in [-0.39, 0.29) is 30.9 Å². The molecule has 0 aliphatic heterocycles. The summed E-state index contributed by atoms with van der Waals surface area (Å²) in [6.07, 6.45) is -0.201. The first-order valence-electron chi connectivity index (χ1n) is 13.3. The predicted molar refractivity (Wildman–Crippen MR) is 150 cm³/mol. The standard InChI is InChI=1S/C29H38N4O8/c1-3-17(2)25(30)28(39)33-23(15-18-7-5-4-6-8-18)27(38)32-22(16-19-9-11-20(34)12-10-19)26(37)31-21(29(40)41)13-14-24(35)36/h4-12,17,21-23,25,34H,3,13-16,30H2,1-2H3,(H,31,37)(H,32,38)(H,33,39)(H,35,36)(H,40,41). The Balaban J connectivity index is 2.33. The topological polar surface area (TPSA) is 208 Å². The van der Waals surface area contributed by atoms with Crippen LogP contribution in [0.1, 0.15) is 44.2 Å². The Bertz CT molecular complexity index is 1190. The third-order valence-corrected chi connectivity index (χ3v) is 6.75. The van der Waals surface area contributed by atoms with Crippen LogP contribution in [0.3, 0.4) is 0 Å². The fourth-order valence-electron chi connectivity index (χ4n) is 3.99. The summed E-state index contributed by atoms with van der Waals surface area (Å²) in [6, 6.07) is 10.0. The molecule has 0 fully saturated rings. The molecule has 5 atom stereocenters. The van der Waals surface area contributed by atoms with Crippen molar-refractivity contribution in [2.24, 2.45) is 11.7 Å². The molecule has 3 amide bonds. The molecule has 0 spiro atoms. The molecule has 12 nitrogen and oxygen atoms in total. The van der Waals surface area contributed by atoms with Gasteiger partial charge in [0.2, 0.25) is 17.7 Å². The number of nitrogens with two attached hydrogens (primary N) is 1. The average Bonchev–Trinajstić information content (AvgIpc) is 2.94. The minimum Gasteiger partial charge on any atom is -0.508 e. The largest absolute Gasteiger partial charge is 0.508 e. The van der Waals surface area contributed by atoms with E-state index in [1.807, 2.05) is 13.8 Å². The number of phenolic OH excluding ortho intramolecular Hbond substituents is 1. The van der Waals surface area contributed by atoms with Crippen molar-refractivity contribution in [1.82, 2.24) is 16.0 Å². The first-order valence-corrected chi connectivity index (χ1v) is 13.3. The zero-order valence-electron chi connectivity index (χ0n) is 23.1. The van der Waals surface area contributed by atoms with Crippen molar-refractivity contribution in [1.29, 1.82) is 0 Å². The maximum absolute atomic E-state index is 13.6. The van der Waals surface area contributed by atoms with Gasteiger partial charge in [0.25, 0.3) is 0 Å². The third kappa shape index (κ3) is 10.9. The summed E-state index contributed by atoms with van der Waals surface area (Å²) < 4.78 is 0. The van der Waals surface area contributed by atoms with Gasteiger partial charge in [0.1, 0.15) is 23.9 Å². The number of carboxylic acid groups (broad SMARTS) is 2. The van der Waals surface area contributed by atoms with Crippen molar-refractivity contribution < 1.29 is 39.3 Å². The number of carboxylic acids is 2. The van der Waals surface area contributed by atoms with Crippen LogP contribution in [0.2, 0.25) is 0 Å². The lowest BCUT2D eigenvalue weighted by Gasteiger charge is -2.26. The van der Waals surface area contributed by atoms with Crippen LogP contribution in [-0.2, 0) is 36.8 Å². The van der Waals surface area contributed by atoms with Crippen LogP contribution in [0.15, 0.2) is 54.6 Å². The Hall–Kier alpha value is -4.45. The molecule has 2 rings (SSSR count). The number of aliphatic carboxylic acids is 2. The van der Waals surface area contributed by atoms with Crippen LogP contribution in [0.5, 0.6) is 5.75 Å². The number of phenols is 1. The molecule has 41 heavy (non-hydrogen) atoms. The molecule has 5 unspecified atom stereocenters. The number of rotatable bonds is 16. The van der Waals surface area contributed by atoms with Gasteiger partial charge in [0.15, 0.2) is 0 Å². The third-order valence-electron chi connectivity index (χ3n) is 6.75. The molecular weight excluding hydrogens is 532 g/mol. The van der Waals surface area contributed by atoms with E-state index in [0.717, 1.165) is 5.56 Å². The monoisotopic (exact) mass is 570 g/mol. The summed E-state index contributed by atoms with van der Waals surface area (Å²) in [7, 11) is 0. The quantitative estimate of drug-likeness (QED) is 0.153. The van der Waals surface area contributed by atoms with Crippen LogP contribution in [-0.4, -0.2) is 69.1 Å². The van der Waals surface area contributed by atoms with Gasteiger partial charge in [-0.2, -0.15) is 0 Å². The minimum atomic E-state index is -1.51. The average molecular weight is 571 g/mol. The number of hydrogen-bond acceptors (Lipinski definition) is 7.